The minimum atomic E-state index is -0.0174. The van der Waals surface area contributed by atoms with E-state index in [9.17, 15) is 4.79 Å². The molecule has 1 aromatic carbocycles. The van der Waals surface area contributed by atoms with Crippen LogP contribution in [0.5, 0.6) is 0 Å². The SMILES string of the molecule is CNC(=O)c1cccc(C)c1C. The Morgan fingerprint density at radius 3 is 2.58 bits per heavy atom. The van der Waals surface area contributed by atoms with Crippen LogP contribution in [0.1, 0.15) is 21.5 Å². The zero-order chi connectivity index (χ0) is 9.14. The lowest BCUT2D eigenvalue weighted by molar-refractivity contribution is 0.0962. The fourth-order valence-electron chi connectivity index (χ4n) is 1.13. The summed E-state index contributed by atoms with van der Waals surface area (Å²) in [4.78, 5) is 11.3. The Morgan fingerprint density at radius 1 is 1.33 bits per heavy atom. The first kappa shape index (κ1) is 8.78. The van der Waals surface area contributed by atoms with Gasteiger partial charge in [-0.05, 0) is 31.0 Å². The molecule has 0 radical (unpaired) electrons. The second kappa shape index (κ2) is 3.39. The molecule has 0 aliphatic rings. The number of amides is 1. The molecule has 0 aliphatic carbocycles. The van der Waals surface area contributed by atoms with Crippen molar-refractivity contribution in [3.05, 3.63) is 34.9 Å². The van der Waals surface area contributed by atoms with E-state index in [0.717, 1.165) is 16.7 Å². The van der Waals surface area contributed by atoms with Crippen molar-refractivity contribution in [1.29, 1.82) is 0 Å². The fraction of sp³-hybridized carbons (Fsp3) is 0.300. The van der Waals surface area contributed by atoms with E-state index in [2.05, 4.69) is 5.32 Å². The van der Waals surface area contributed by atoms with Crippen LogP contribution in [0.2, 0.25) is 0 Å². The van der Waals surface area contributed by atoms with Crippen molar-refractivity contribution in [2.75, 3.05) is 7.05 Å². The summed E-state index contributed by atoms with van der Waals surface area (Å²) in [5, 5.41) is 2.61. The van der Waals surface area contributed by atoms with Crippen LogP contribution in [0.4, 0.5) is 0 Å². The zero-order valence-electron chi connectivity index (χ0n) is 7.64. The zero-order valence-corrected chi connectivity index (χ0v) is 7.64. The van der Waals surface area contributed by atoms with Crippen molar-refractivity contribution < 1.29 is 4.79 Å². The summed E-state index contributed by atoms with van der Waals surface area (Å²) in [7, 11) is 1.64. The monoisotopic (exact) mass is 163 g/mol. The summed E-state index contributed by atoms with van der Waals surface area (Å²) in [6.07, 6.45) is 0. The van der Waals surface area contributed by atoms with Crippen molar-refractivity contribution in [3.8, 4) is 0 Å². The third-order valence-corrected chi connectivity index (χ3v) is 2.08. The van der Waals surface area contributed by atoms with Gasteiger partial charge in [-0.2, -0.15) is 0 Å². The molecule has 0 heterocycles. The van der Waals surface area contributed by atoms with Gasteiger partial charge < -0.3 is 5.32 Å². The van der Waals surface area contributed by atoms with E-state index >= 15 is 0 Å². The molecule has 1 amide bonds. The lowest BCUT2D eigenvalue weighted by atomic mass is 10.0. The summed E-state index contributed by atoms with van der Waals surface area (Å²) >= 11 is 0. The van der Waals surface area contributed by atoms with Crippen molar-refractivity contribution >= 4 is 5.91 Å². The first-order valence-electron chi connectivity index (χ1n) is 3.95. The maximum absolute atomic E-state index is 11.3. The van der Waals surface area contributed by atoms with Crippen LogP contribution in [0.3, 0.4) is 0 Å². The number of hydrogen-bond acceptors (Lipinski definition) is 1. The summed E-state index contributed by atoms with van der Waals surface area (Å²) in [6, 6.07) is 5.73. The normalized spacial score (nSPS) is 9.58. The highest BCUT2D eigenvalue weighted by Crippen LogP contribution is 2.11. The van der Waals surface area contributed by atoms with Crippen molar-refractivity contribution in [3.63, 3.8) is 0 Å². The van der Waals surface area contributed by atoms with Crippen LogP contribution in [0.25, 0.3) is 0 Å². The second-order valence-electron chi connectivity index (χ2n) is 2.83. The smallest absolute Gasteiger partial charge is 0.251 e. The lowest BCUT2D eigenvalue weighted by Crippen LogP contribution is -2.19. The van der Waals surface area contributed by atoms with Gasteiger partial charge in [0.05, 0.1) is 0 Å². The molecule has 1 N–H and O–H groups in total. The molecule has 0 unspecified atom stereocenters. The topological polar surface area (TPSA) is 29.1 Å². The average Bonchev–Trinajstić information content (AvgIpc) is 2.08. The Hall–Kier alpha value is -1.31. The maximum Gasteiger partial charge on any atom is 0.251 e. The van der Waals surface area contributed by atoms with E-state index in [1.807, 2.05) is 32.0 Å². The van der Waals surface area contributed by atoms with Gasteiger partial charge in [0, 0.05) is 12.6 Å². The number of rotatable bonds is 1. The summed E-state index contributed by atoms with van der Waals surface area (Å²) < 4.78 is 0. The van der Waals surface area contributed by atoms with E-state index in [4.69, 9.17) is 0 Å². The van der Waals surface area contributed by atoms with Gasteiger partial charge in [-0.25, -0.2) is 0 Å². The Balaban J connectivity index is 3.16. The minimum Gasteiger partial charge on any atom is -0.355 e. The maximum atomic E-state index is 11.3. The predicted molar refractivity (Wildman–Crippen MR) is 49.3 cm³/mol. The second-order valence-corrected chi connectivity index (χ2v) is 2.83. The average molecular weight is 163 g/mol. The number of benzene rings is 1. The van der Waals surface area contributed by atoms with Crippen LogP contribution in [0.15, 0.2) is 18.2 Å². The fourth-order valence-corrected chi connectivity index (χ4v) is 1.13. The van der Waals surface area contributed by atoms with E-state index in [-0.39, 0.29) is 5.91 Å². The number of nitrogens with one attached hydrogen (secondary N) is 1. The van der Waals surface area contributed by atoms with E-state index in [1.54, 1.807) is 7.05 Å². The van der Waals surface area contributed by atoms with Gasteiger partial charge >= 0.3 is 0 Å². The molecule has 0 spiro atoms. The molecule has 2 heteroatoms. The third-order valence-electron chi connectivity index (χ3n) is 2.08. The largest absolute Gasteiger partial charge is 0.355 e. The van der Waals surface area contributed by atoms with Crippen LogP contribution >= 0.6 is 0 Å². The van der Waals surface area contributed by atoms with Gasteiger partial charge in [0.1, 0.15) is 0 Å². The molecule has 12 heavy (non-hydrogen) atoms. The van der Waals surface area contributed by atoms with E-state index in [1.165, 1.54) is 0 Å². The highest BCUT2D eigenvalue weighted by molar-refractivity contribution is 5.95. The quantitative estimate of drug-likeness (QED) is 0.670. The molecular formula is C10H13NO. The van der Waals surface area contributed by atoms with Crippen LogP contribution < -0.4 is 5.32 Å². The van der Waals surface area contributed by atoms with Crippen molar-refractivity contribution in [1.82, 2.24) is 5.32 Å². The van der Waals surface area contributed by atoms with Crippen LogP contribution in [-0.4, -0.2) is 13.0 Å². The van der Waals surface area contributed by atoms with Gasteiger partial charge in [-0.15, -0.1) is 0 Å². The molecule has 64 valence electrons. The predicted octanol–water partition coefficient (Wildman–Crippen LogP) is 1.66. The highest BCUT2D eigenvalue weighted by atomic mass is 16.1. The Labute approximate surface area is 72.6 Å². The molecule has 0 atom stereocenters. The molecule has 0 bridgehead atoms. The number of carbonyl (C=O) groups excluding carboxylic acids is 1. The van der Waals surface area contributed by atoms with Gasteiger partial charge in [0.25, 0.3) is 5.91 Å². The van der Waals surface area contributed by atoms with Gasteiger partial charge in [-0.3, -0.25) is 4.79 Å². The molecule has 0 aliphatic heterocycles. The van der Waals surface area contributed by atoms with Crippen LogP contribution in [-0.2, 0) is 0 Å². The summed E-state index contributed by atoms with van der Waals surface area (Å²) in [6.45, 7) is 3.96. The molecule has 0 aromatic heterocycles. The lowest BCUT2D eigenvalue weighted by Gasteiger charge is -2.05. The molecule has 2 nitrogen and oxygen atoms in total. The molecule has 1 aromatic rings. The first-order valence-corrected chi connectivity index (χ1v) is 3.95. The van der Waals surface area contributed by atoms with Gasteiger partial charge in [0.2, 0.25) is 0 Å². The summed E-state index contributed by atoms with van der Waals surface area (Å²) in [5.41, 5.74) is 2.96. The highest BCUT2D eigenvalue weighted by Gasteiger charge is 2.06. The van der Waals surface area contributed by atoms with E-state index < -0.39 is 0 Å². The van der Waals surface area contributed by atoms with Crippen molar-refractivity contribution in [2.24, 2.45) is 0 Å². The van der Waals surface area contributed by atoms with E-state index in [0.29, 0.717) is 0 Å². The first-order chi connectivity index (χ1) is 5.66. The Kier molecular flexibility index (Phi) is 2.48. The molecule has 0 saturated carbocycles. The van der Waals surface area contributed by atoms with Crippen LogP contribution in [0, 0.1) is 13.8 Å². The molecule has 1 rings (SSSR count). The summed E-state index contributed by atoms with van der Waals surface area (Å²) in [5.74, 6) is -0.0174. The minimum absolute atomic E-state index is 0.0174. The van der Waals surface area contributed by atoms with Gasteiger partial charge in [0.15, 0.2) is 0 Å². The molecular weight excluding hydrogens is 150 g/mol. The van der Waals surface area contributed by atoms with Gasteiger partial charge in [-0.1, -0.05) is 12.1 Å². The van der Waals surface area contributed by atoms with Crippen molar-refractivity contribution in [2.45, 2.75) is 13.8 Å². The molecule has 0 fully saturated rings. The number of aryl methyl sites for hydroxylation is 1. The standard InChI is InChI=1S/C10H13NO/c1-7-5-4-6-9(8(7)2)10(12)11-3/h4-6H,1-3H3,(H,11,12). The third kappa shape index (κ3) is 1.47. The number of carbonyl (C=O) groups is 1. The Morgan fingerprint density at radius 2 is 2.00 bits per heavy atom. The number of hydrogen-bond donors (Lipinski definition) is 1. The molecule has 0 saturated heterocycles. The Bertz CT molecular complexity index is 305.